The van der Waals surface area contributed by atoms with Crippen LogP contribution in [0.4, 0.5) is 0 Å². The van der Waals surface area contributed by atoms with Gasteiger partial charge in [-0.25, -0.2) is 15.1 Å². The smallest absolute Gasteiger partial charge is 0.277 e. The van der Waals surface area contributed by atoms with Crippen LogP contribution < -0.4 is 14.9 Å². The van der Waals surface area contributed by atoms with Crippen molar-refractivity contribution in [3.05, 3.63) is 102 Å². The van der Waals surface area contributed by atoms with Crippen LogP contribution in [0.25, 0.3) is 27.8 Å². The summed E-state index contributed by atoms with van der Waals surface area (Å²) >= 11 is 6.28. The van der Waals surface area contributed by atoms with Crippen molar-refractivity contribution in [2.75, 3.05) is 13.7 Å². The zero-order valence-corrected chi connectivity index (χ0v) is 20.6. The number of benzene rings is 3. The summed E-state index contributed by atoms with van der Waals surface area (Å²) in [7, 11) is 1.60. The van der Waals surface area contributed by atoms with Crippen LogP contribution in [0.3, 0.4) is 0 Å². The van der Waals surface area contributed by atoms with Crippen LogP contribution in [0.1, 0.15) is 5.56 Å². The number of halogens is 1. The molecule has 184 valence electrons. The highest BCUT2D eigenvalue weighted by Gasteiger charge is 2.13. The van der Waals surface area contributed by atoms with E-state index in [1.54, 1.807) is 13.3 Å². The van der Waals surface area contributed by atoms with Gasteiger partial charge in [0.1, 0.15) is 16.7 Å². The molecule has 0 aliphatic rings. The molecule has 8 nitrogen and oxygen atoms in total. The number of methoxy groups -OCH3 is 1. The summed E-state index contributed by atoms with van der Waals surface area (Å²) in [5, 5.41) is 9.57. The van der Waals surface area contributed by atoms with E-state index < -0.39 is 5.91 Å². The van der Waals surface area contributed by atoms with Crippen LogP contribution in [0.2, 0.25) is 5.15 Å². The molecule has 2 heterocycles. The first kappa shape index (κ1) is 24.0. The normalized spacial score (nSPS) is 11.1. The van der Waals surface area contributed by atoms with E-state index in [9.17, 15) is 4.79 Å². The average molecular weight is 512 g/mol. The van der Waals surface area contributed by atoms with Crippen LogP contribution in [0.15, 0.2) is 96.2 Å². The lowest BCUT2D eigenvalue weighted by atomic mass is 10.1. The minimum atomic E-state index is -0.422. The third-order valence-electron chi connectivity index (χ3n) is 5.56. The molecule has 1 amide bonds. The van der Waals surface area contributed by atoms with E-state index in [0.29, 0.717) is 17.1 Å². The highest BCUT2D eigenvalue weighted by Crippen LogP contribution is 2.31. The number of fused-ring (bicyclic) bond motifs is 1. The van der Waals surface area contributed by atoms with Crippen molar-refractivity contribution < 1.29 is 14.3 Å². The van der Waals surface area contributed by atoms with E-state index in [2.05, 4.69) is 20.6 Å². The molecular weight excluding hydrogens is 490 g/mol. The molecule has 0 aliphatic carbocycles. The molecule has 0 saturated heterocycles. The van der Waals surface area contributed by atoms with Gasteiger partial charge in [0, 0.05) is 16.5 Å². The van der Waals surface area contributed by atoms with Crippen molar-refractivity contribution in [1.82, 2.24) is 20.2 Å². The topological polar surface area (TPSA) is 90.6 Å². The molecule has 5 rings (SSSR count). The summed E-state index contributed by atoms with van der Waals surface area (Å²) in [6.07, 6.45) is 3.17. The fraction of sp³-hybridized carbons (Fsp3) is 0.0714. The third kappa shape index (κ3) is 5.44. The Morgan fingerprint density at radius 2 is 1.86 bits per heavy atom. The number of ether oxygens (including phenoxy) is 2. The monoisotopic (exact) mass is 511 g/mol. The van der Waals surface area contributed by atoms with Gasteiger partial charge >= 0.3 is 0 Å². The Bertz CT molecular complexity index is 1580. The van der Waals surface area contributed by atoms with E-state index >= 15 is 0 Å². The standard InChI is InChI=1S/C28H22ClN5O3/c1-36-22-11-12-24-19(16-22)15-20(28(29)32-24)17-30-33-27(35)18-37-26-10-6-5-9-23(26)25-13-14-31-34(25)21-7-3-2-4-8-21/h2-17H,18H2,1H3,(H,33,35)/b30-17+. The molecule has 0 unspecified atom stereocenters. The number of aromatic nitrogens is 3. The van der Waals surface area contributed by atoms with Crippen LogP contribution in [0.5, 0.6) is 11.5 Å². The zero-order valence-electron chi connectivity index (χ0n) is 19.8. The number of carbonyl (C=O) groups is 1. The quantitative estimate of drug-likeness (QED) is 0.174. The van der Waals surface area contributed by atoms with E-state index in [1.807, 2.05) is 89.6 Å². The van der Waals surface area contributed by atoms with Gasteiger partial charge in [-0.3, -0.25) is 4.79 Å². The first-order valence-corrected chi connectivity index (χ1v) is 11.8. The number of carbonyl (C=O) groups excluding carboxylic acids is 1. The van der Waals surface area contributed by atoms with Gasteiger partial charge in [0.15, 0.2) is 6.61 Å². The van der Waals surface area contributed by atoms with Crippen LogP contribution in [-0.2, 0) is 4.79 Å². The molecule has 0 fully saturated rings. The number of hydrogen-bond acceptors (Lipinski definition) is 6. The fourth-order valence-corrected chi connectivity index (χ4v) is 4.00. The summed E-state index contributed by atoms with van der Waals surface area (Å²) in [5.41, 5.74) is 6.33. The Hall–Kier alpha value is -4.69. The number of para-hydroxylation sites is 2. The zero-order chi connectivity index (χ0) is 25.6. The molecule has 0 atom stereocenters. The molecule has 2 aromatic heterocycles. The molecule has 0 spiro atoms. The van der Waals surface area contributed by atoms with Gasteiger partial charge in [-0.1, -0.05) is 41.9 Å². The lowest BCUT2D eigenvalue weighted by Crippen LogP contribution is -2.24. The summed E-state index contributed by atoms with van der Waals surface area (Å²) in [4.78, 5) is 16.8. The van der Waals surface area contributed by atoms with Gasteiger partial charge in [0.25, 0.3) is 5.91 Å². The van der Waals surface area contributed by atoms with Crippen molar-refractivity contribution in [2.45, 2.75) is 0 Å². The van der Waals surface area contributed by atoms with Gasteiger partial charge in [0.2, 0.25) is 0 Å². The van der Waals surface area contributed by atoms with Crippen molar-refractivity contribution in [3.8, 4) is 28.4 Å². The first-order valence-electron chi connectivity index (χ1n) is 11.4. The lowest BCUT2D eigenvalue weighted by Gasteiger charge is -2.12. The van der Waals surface area contributed by atoms with Gasteiger partial charge in [-0.2, -0.15) is 10.2 Å². The summed E-state index contributed by atoms with van der Waals surface area (Å²) in [6.45, 7) is -0.227. The second kappa shape index (κ2) is 10.9. The van der Waals surface area contributed by atoms with Crippen LogP contribution in [-0.4, -0.2) is 40.6 Å². The average Bonchev–Trinajstić information content (AvgIpc) is 3.42. The highest BCUT2D eigenvalue weighted by atomic mass is 35.5. The molecule has 0 saturated carbocycles. The van der Waals surface area contributed by atoms with Crippen molar-refractivity contribution >= 4 is 34.6 Å². The molecule has 1 N–H and O–H groups in total. The molecule has 0 bridgehead atoms. The number of hydrazone groups is 1. The second-order valence-corrected chi connectivity index (χ2v) is 8.33. The third-order valence-corrected chi connectivity index (χ3v) is 5.86. The van der Waals surface area contributed by atoms with Crippen molar-refractivity contribution in [3.63, 3.8) is 0 Å². The Balaban J connectivity index is 1.26. The number of pyridine rings is 1. The van der Waals surface area contributed by atoms with Crippen LogP contribution in [0, 0.1) is 0 Å². The number of amides is 1. The lowest BCUT2D eigenvalue weighted by molar-refractivity contribution is -0.123. The van der Waals surface area contributed by atoms with Gasteiger partial charge in [0.05, 0.1) is 36.4 Å². The van der Waals surface area contributed by atoms with E-state index in [1.165, 1.54) is 6.21 Å². The maximum Gasteiger partial charge on any atom is 0.277 e. The fourth-order valence-electron chi connectivity index (χ4n) is 3.80. The Morgan fingerprint density at radius 1 is 1.05 bits per heavy atom. The molecule has 37 heavy (non-hydrogen) atoms. The van der Waals surface area contributed by atoms with E-state index in [4.69, 9.17) is 21.1 Å². The number of rotatable bonds is 8. The van der Waals surface area contributed by atoms with Crippen molar-refractivity contribution in [2.24, 2.45) is 5.10 Å². The molecule has 3 aromatic carbocycles. The van der Waals surface area contributed by atoms with Crippen molar-refractivity contribution in [1.29, 1.82) is 0 Å². The molecule has 9 heteroatoms. The Kier molecular flexibility index (Phi) is 7.09. The number of nitrogens with zero attached hydrogens (tertiary/aromatic N) is 4. The van der Waals surface area contributed by atoms with E-state index in [0.717, 1.165) is 27.8 Å². The number of hydrogen-bond donors (Lipinski definition) is 1. The molecule has 0 aliphatic heterocycles. The maximum absolute atomic E-state index is 12.4. The van der Waals surface area contributed by atoms with Gasteiger partial charge in [-0.15, -0.1) is 0 Å². The number of nitrogens with one attached hydrogen (secondary N) is 1. The predicted molar refractivity (Wildman–Crippen MR) is 144 cm³/mol. The van der Waals surface area contributed by atoms with Gasteiger partial charge < -0.3 is 9.47 Å². The van der Waals surface area contributed by atoms with E-state index in [-0.39, 0.29) is 11.8 Å². The molecule has 5 aromatic rings. The minimum absolute atomic E-state index is 0.227. The van der Waals surface area contributed by atoms with Gasteiger partial charge in [-0.05, 0) is 54.6 Å². The largest absolute Gasteiger partial charge is 0.497 e. The first-order chi connectivity index (χ1) is 18.1. The summed E-state index contributed by atoms with van der Waals surface area (Å²) in [5.74, 6) is 0.834. The Labute approximate surface area is 218 Å². The molecular formula is C28H22ClN5O3. The maximum atomic E-state index is 12.4. The SMILES string of the molecule is COc1ccc2nc(Cl)c(/C=N/NC(=O)COc3ccccc3-c3ccnn3-c3ccccc3)cc2c1. The predicted octanol–water partition coefficient (Wildman–Crippen LogP) is 5.28. The van der Waals surface area contributed by atoms with Crippen LogP contribution >= 0.6 is 11.6 Å². The molecule has 0 radical (unpaired) electrons. The summed E-state index contributed by atoms with van der Waals surface area (Å²) in [6, 6.07) is 26.5. The minimum Gasteiger partial charge on any atom is -0.497 e. The summed E-state index contributed by atoms with van der Waals surface area (Å²) < 4.78 is 12.9. The Morgan fingerprint density at radius 3 is 2.70 bits per heavy atom. The highest BCUT2D eigenvalue weighted by molar-refractivity contribution is 6.32. The second-order valence-electron chi connectivity index (χ2n) is 7.97.